The van der Waals surface area contributed by atoms with Gasteiger partial charge in [0, 0.05) is 47.3 Å². The Morgan fingerprint density at radius 3 is 2.81 bits per heavy atom. The quantitative estimate of drug-likeness (QED) is 0.489. The van der Waals surface area contributed by atoms with Crippen molar-refractivity contribution < 1.29 is 9.53 Å². The number of pyridine rings is 1. The van der Waals surface area contributed by atoms with E-state index in [1.807, 2.05) is 18.2 Å². The molecule has 0 radical (unpaired) electrons. The molecule has 2 N–H and O–H groups in total. The van der Waals surface area contributed by atoms with Crippen LogP contribution in [0.1, 0.15) is 31.5 Å². The van der Waals surface area contributed by atoms with Crippen molar-refractivity contribution >= 4 is 22.5 Å². The van der Waals surface area contributed by atoms with E-state index in [4.69, 9.17) is 4.74 Å². The molecular formula is C25H27N5O2. The topological polar surface area (TPSA) is 86.9 Å². The molecule has 164 valence electrons. The zero-order valence-corrected chi connectivity index (χ0v) is 18.6. The average molecular weight is 430 g/mol. The number of ether oxygens (including phenoxy) is 1. The first-order valence-corrected chi connectivity index (χ1v) is 10.9. The summed E-state index contributed by atoms with van der Waals surface area (Å²) in [4.78, 5) is 21.7. The van der Waals surface area contributed by atoms with Crippen LogP contribution in [0.25, 0.3) is 22.3 Å². The molecule has 5 rings (SSSR count). The summed E-state index contributed by atoms with van der Waals surface area (Å²) in [7, 11) is 1.76. The van der Waals surface area contributed by atoms with Crippen LogP contribution >= 0.6 is 0 Å². The van der Waals surface area contributed by atoms with Gasteiger partial charge in [0.2, 0.25) is 0 Å². The summed E-state index contributed by atoms with van der Waals surface area (Å²) >= 11 is 0. The number of likely N-dealkylation sites (N-methyl/N-ethyl adjacent to an activating group) is 1. The highest BCUT2D eigenvalue weighted by Crippen LogP contribution is 2.38. The number of amides is 1. The molecule has 7 heteroatoms. The van der Waals surface area contributed by atoms with Gasteiger partial charge < -0.3 is 14.6 Å². The van der Waals surface area contributed by atoms with Crippen LogP contribution in [-0.2, 0) is 17.6 Å². The highest BCUT2D eigenvalue weighted by atomic mass is 16.5. The van der Waals surface area contributed by atoms with Crippen molar-refractivity contribution in [3.05, 3.63) is 60.0 Å². The van der Waals surface area contributed by atoms with Crippen LogP contribution in [0.3, 0.4) is 0 Å². The maximum atomic E-state index is 12.6. The first kappa shape index (κ1) is 20.3. The Bertz CT molecular complexity index is 1270. The molecule has 0 atom stereocenters. The molecule has 0 unspecified atom stereocenters. The van der Waals surface area contributed by atoms with Gasteiger partial charge in [-0.05, 0) is 55.0 Å². The van der Waals surface area contributed by atoms with Gasteiger partial charge in [0.15, 0.2) is 6.61 Å². The average Bonchev–Trinajstić information content (AvgIpc) is 3.39. The number of carbonyl (C=O) groups excluding carboxylic acids is 1. The Labute approximate surface area is 186 Å². The smallest absolute Gasteiger partial charge is 0.264 e. The van der Waals surface area contributed by atoms with Crippen molar-refractivity contribution in [1.82, 2.24) is 20.2 Å². The molecule has 1 amide bonds. The van der Waals surface area contributed by atoms with Gasteiger partial charge >= 0.3 is 0 Å². The zero-order chi connectivity index (χ0) is 22.3. The van der Waals surface area contributed by atoms with Crippen LogP contribution in [0, 0.1) is 5.41 Å². The number of fused-ring (bicyclic) bond motifs is 2. The molecule has 0 saturated heterocycles. The third-order valence-corrected chi connectivity index (χ3v) is 6.29. The predicted octanol–water partition coefficient (Wildman–Crippen LogP) is 4.51. The summed E-state index contributed by atoms with van der Waals surface area (Å²) in [5.41, 5.74) is 6.66. The SMILES string of the molecule is CN(C(=O)COc1ccncc1)c1ccc2cc(-c3n[nH]c4c3CCC(C)(C)C4)[nH]c2c1. The number of carbonyl (C=O) groups is 1. The normalized spacial score (nSPS) is 14.8. The summed E-state index contributed by atoms with van der Waals surface area (Å²) in [6.45, 7) is 4.58. The Morgan fingerprint density at radius 2 is 2.00 bits per heavy atom. The summed E-state index contributed by atoms with van der Waals surface area (Å²) in [6.07, 6.45) is 6.48. The van der Waals surface area contributed by atoms with Crippen LogP contribution in [-0.4, -0.2) is 39.7 Å². The fourth-order valence-electron chi connectivity index (χ4n) is 4.34. The van der Waals surface area contributed by atoms with E-state index in [2.05, 4.69) is 40.1 Å². The third-order valence-electron chi connectivity index (χ3n) is 6.29. The van der Waals surface area contributed by atoms with E-state index < -0.39 is 0 Å². The van der Waals surface area contributed by atoms with E-state index in [1.165, 1.54) is 11.3 Å². The minimum Gasteiger partial charge on any atom is -0.484 e. The first-order chi connectivity index (χ1) is 15.4. The van der Waals surface area contributed by atoms with Gasteiger partial charge in [-0.25, -0.2) is 0 Å². The lowest BCUT2D eigenvalue weighted by Gasteiger charge is -2.28. The monoisotopic (exact) mass is 429 g/mol. The van der Waals surface area contributed by atoms with Crippen molar-refractivity contribution in [2.45, 2.75) is 33.1 Å². The standard InChI is InChI=1S/C25H27N5O2/c1-25(2)9-6-19-22(14-25)28-29-24(19)21-12-16-4-5-17(13-20(16)27-21)30(3)23(31)15-32-18-7-10-26-11-8-18/h4-5,7-8,10-13,27H,6,9,14-15H2,1-3H3,(H,28,29). The fourth-order valence-corrected chi connectivity index (χ4v) is 4.34. The van der Waals surface area contributed by atoms with Crippen molar-refractivity contribution in [2.24, 2.45) is 5.41 Å². The van der Waals surface area contributed by atoms with Crippen LogP contribution in [0.15, 0.2) is 48.8 Å². The highest BCUT2D eigenvalue weighted by molar-refractivity contribution is 5.97. The van der Waals surface area contributed by atoms with Crippen LogP contribution in [0.5, 0.6) is 5.75 Å². The molecule has 3 heterocycles. The van der Waals surface area contributed by atoms with Crippen LogP contribution in [0.2, 0.25) is 0 Å². The van der Waals surface area contributed by atoms with Gasteiger partial charge in [-0.3, -0.25) is 14.9 Å². The molecule has 0 saturated carbocycles. The molecule has 1 aliphatic rings. The molecule has 1 aliphatic carbocycles. The number of hydrogen-bond donors (Lipinski definition) is 2. The second-order valence-corrected chi connectivity index (χ2v) is 9.25. The number of hydrogen-bond acceptors (Lipinski definition) is 4. The molecule has 1 aromatic carbocycles. The van der Waals surface area contributed by atoms with Gasteiger partial charge in [-0.15, -0.1) is 0 Å². The fraction of sp³-hybridized carbons (Fsp3) is 0.320. The van der Waals surface area contributed by atoms with Gasteiger partial charge in [0.1, 0.15) is 11.4 Å². The second kappa shape index (κ2) is 7.82. The lowest BCUT2D eigenvalue weighted by molar-refractivity contribution is -0.120. The third kappa shape index (κ3) is 3.86. The molecule has 7 nitrogen and oxygen atoms in total. The molecule has 32 heavy (non-hydrogen) atoms. The second-order valence-electron chi connectivity index (χ2n) is 9.25. The lowest BCUT2D eigenvalue weighted by Crippen LogP contribution is -2.31. The Kier molecular flexibility index (Phi) is 4.96. The highest BCUT2D eigenvalue weighted by Gasteiger charge is 2.29. The van der Waals surface area contributed by atoms with E-state index >= 15 is 0 Å². The molecule has 0 fully saturated rings. The minimum atomic E-state index is -0.128. The molecule has 4 aromatic rings. The summed E-state index contributed by atoms with van der Waals surface area (Å²) in [6, 6.07) is 11.6. The largest absolute Gasteiger partial charge is 0.484 e. The van der Waals surface area contributed by atoms with E-state index in [0.717, 1.165) is 47.2 Å². The number of nitrogens with zero attached hydrogens (tertiary/aromatic N) is 3. The molecule has 0 bridgehead atoms. The van der Waals surface area contributed by atoms with E-state index in [9.17, 15) is 4.79 Å². The number of rotatable bonds is 5. The van der Waals surface area contributed by atoms with Gasteiger partial charge in [-0.1, -0.05) is 19.9 Å². The van der Waals surface area contributed by atoms with Gasteiger partial charge in [0.25, 0.3) is 5.91 Å². The first-order valence-electron chi connectivity index (χ1n) is 10.9. The maximum absolute atomic E-state index is 12.6. The Hall–Kier alpha value is -3.61. The van der Waals surface area contributed by atoms with Crippen molar-refractivity contribution in [3.8, 4) is 17.1 Å². The number of aromatic amines is 2. The number of aromatic nitrogens is 4. The van der Waals surface area contributed by atoms with Crippen molar-refractivity contribution in [3.63, 3.8) is 0 Å². The number of nitrogens with one attached hydrogen (secondary N) is 2. The van der Waals surface area contributed by atoms with Gasteiger partial charge in [0.05, 0.1) is 5.69 Å². The summed E-state index contributed by atoms with van der Waals surface area (Å²) in [5.74, 6) is 0.494. The molecule has 3 aromatic heterocycles. The van der Waals surface area contributed by atoms with E-state index in [0.29, 0.717) is 11.2 Å². The maximum Gasteiger partial charge on any atom is 0.264 e. The zero-order valence-electron chi connectivity index (χ0n) is 18.6. The van der Waals surface area contributed by atoms with E-state index in [-0.39, 0.29) is 12.5 Å². The Morgan fingerprint density at radius 1 is 1.19 bits per heavy atom. The molecular weight excluding hydrogens is 402 g/mol. The van der Waals surface area contributed by atoms with Crippen molar-refractivity contribution in [2.75, 3.05) is 18.6 Å². The number of H-pyrrole nitrogens is 2. The van der Waals surface area contributed by atoms with Gasteiger partial charge in [-0.2, -0.15) is 5.10 Å². The number of benzene rings is 1. The molecule has 0 aliphatic heterocycles. The van der Waals surface area contributed by atoms with Crippen LogP contribution < -0.4 is 9.64 Å². The predicted molar refractivity (Wildman–Crippen MR) is 125 cm³/mol. The minimum absolute atomic E-state index is 0.0374. The van der Waals surface area contributed by atoms with Crippen molar-refractivity contribution in [1.29, 1.82) is 0 Å². The Balaban J connectivity index is 1.35. The van der Waals surface area contributed by atoms with E-state index in [1.54, 1.807) is 36.5 Å². The lowest BCUT2D eigenvalue weighted by atomic mass is 9.76. The summed E-state index contributed by atoms with van der Waals surface area (Å²) in [5, 5.41) is 8.97. The van der Waals surface area contributed by atoms with Crippen LogP contribution in [0.4, 0.5) is 5.69 Å². The summed E-state index contributed by atoms with van der Waals surface area (Å²) < 4.78 is 5.57. The molecule has 0 spiro atoms. The number of anilines is 1.